The van der Waals surface area contributed by atoms with Gasteiger partial charge in [-0.1, -0.05) is 60.1 Å². The van der Waals surface area contributed by atoms with E-state index in [2.05, 4.69) is 72.5 Å². The molecule has 1 aliphatic rings. The van der Waals surface area contributed by atoms with Gasteiger partial charge in [-0.25, -0.2) is 6.04 Å². The monoisotopic (exact) mass is 215 g/mol. The van der Waals surface area contributed by atoms with Gasteiger partial charge in [0.25, 0.3) is 0 Å². The number of para-hydroxylation sites is 1. The van der Waals surface area contributed by atoms with Crippen molar-refractivity contribution in [2.24, 2.45) is 0 Å². The second kappa shape index (κ2) is 5.00. The second-order valence-electron chi connectivity index (χ2n) is 4.16. The van der Waals surface area contributed by atoms with Gasteiger partial charge in [-0.3, -0.25) is 0 Å². The van der Waals surface area contributed by atoms with Crippen LogP contribution in [0.15, 0.2) is 60.7 Å². The molecule has 1 atom stereocenters. The molecule has 1 fully saturated rings. The van der Waals surface area contributed by atoms with Gasteiger partial charge in [-0.2, -0.15) is 6.92 Å². The SMILES string of the molecule is C[C-]1[C@@H](c2ccccc2)N1c1ccccc1.[Li+]. The average molecular weight is 215 g/mol. The summed E-state index contributed by atoms with van der Waals surface area (Å²) in [4.78, 5) is 2.37. The van der Waals surface area contributed by atoms with Crippen LogP contribution in [0, 0.1) is 6.04 Å². The number of anilines is 1. The fraction of sp³-hybridized carbons (Fsp3) is 0.133. The molecule has 0 radical (unpaired) electrons. The molecule has 0 aliphatic carbocycles. The molecule has 1 nitrogen and oxygen atoms in total. The number of hydrogen-bond donors (Lipinski definition) is 0. The maximum absolute atomic E-state index is 2.37. The standard InChI is InChI=1S/C15H14N.Li/c1-12-15(13-8-4-2-5-9-13)16(12)14-10-6-3-7-11-14;/h2-11,15H,1H3;/q-1;+1/t15-,16?;/m0./s1. The van der Waals surface area contributed by atoms with Crippen LogP contribution >= 0.6 is 0 Å². The van der Waals surface area contributed by atoms with Crippen molar-refractivity contribution in [2.75, 3.05) is 4.90 Å². The van der Waals surface area contributed by atoms with Crippen LogP contribution in [0.4, 0.5) is 5.69 Å². The first-order chi connectivity index (χ1) is 7.88. The Morgan fingerprint density at radius 1 is 0.882 bits per heavy atom. The Bertz CT molecular complexity index is 423. The third-order valence-electron chi connectivity index (χ3n) is 3.12. The Kier molecular flexibility index (Phi) is 3.62. The van der Waals surface area contributed by atoms with E-state index in [0.29, 0.717) is 6.04 Å². The summed E-state index contributed by atoms with van der Waals surface area (Å²) in [6, 6.07) is 23.1. The number of nitrogens with zero attached hydrogens (tertiary/aromatic N) is 1. The van der Waals surface area contributed by atoms with Crippen molar-refractivity contribution >= 4 is 5.69 Å². The zero-order valence-corrected chi connectivity index (χ0v) is 10.3. The van der Waals surface area contributed by atoms with Crippen LogP contribution < -0.4 is 23.8 Å². The zero-order valence-electron chi connectivity index (χ0n) is 10.3. The number of benzene rings is 2. The molecule has 0 bridgehead atoms. The Morgan fingerprint density at radius 3 is 2.00 bits per heavy atom. The zero-order chi connectivity index (χ0) is 11.0. The number of rotatable bonds is 2. The van der Waals surface area contributed by atoms with Crippen molar-refractivity contribution in [3.8, 4) is 0 Å². The van der Waals surface area contributed by atoms with Gasteiger partial charge in [0.2, 0.25) is 0 Å². The van der Waals surface area contributed by atoms with Crippen LogP contribution in [0.1, 0.15) is 18.5 Å². The first-order valence-corrected chi connectivity index (χ1v) is 5.60. The van der Waals surface area contributed by atoms with Crippen molar-refractivity contribution < 1.29 is 18.9 Å². The van der Waals surface area contributed by atoms with E-state index in [-0.39, 0.29) is 18.9 Å². The molecule has 0 aromatic heterocycles. The first-order valence-electron chi connectivity index (χ1n) is 5.60. The third-order valence-corrected chi connectivity index (χ3v) is 3.12. The van der Waals surface area contributed by atoms with E-state index in [4.69, 9.17) is 0 Å². The van der Waals surface area contributed by atoms with E-state index in [1.807, 2.05) is 0 Å². The fourth-order valence-corrected chi connectivity index (χ4v) is 2.26. The fourth-order valence-electron chi connectivity index (χ4n) is 2.26. The first kappa shape index (κ1) is 12.3. The van der Waals surface area contributed by atoms with Crippen molar-refractivity contribution in [1.82, 2.24) is 0 Å². The van der Waals surface area contributed by atoms with Crippen LogP contribution in [0.3, 0.4) is 0 Å². The van der Waals surface area contributed by atoms with Crippen LogP contribution in [0.2, 0.25) is 0 Å². The largest absolute Gasteiger partial charge is 1.00 e. The molecular formula is C15H14LiN. The molecule has 1 aliphatic heterocycles. The molecule has 3 rings (SSSR count). The van der Waals surface area contributed by atoms with Crippen molar-refractivity contribution in [3.05, 3.63) is 72.3 Å². The van der Waals surface area contributed by atoms with E-state index >= 15 is 0 Å². The van der Waals surface area contributed by atoms with Crippen molar-refractivity contribution in [1.29, 1.82) is 0 Å². The topological polar surface area (TPSA) is 3.01 Å². The van der Waals surface area contributed by atoms with Crippen LogP contribution in [-0.4, -0.2) is 0 Å². The normalized spacial score (nSPS) is 18.6. The molecule has 0 N–H and O–H groups in total. The molecule has 2 aromatic carbocycles. The van der Waals surface area contributed by atoms with Crippen molar-refractivity contribution in [3.63, 3.8) is 0 Å². The molecule has 2 aromatic rings. The van der Waals surface area contributed by atoms with E-state index in [9.17, 15) is 0 Å². The predicted octanol–water partition coefficient (Wildman–Crippen LogP) is 0.804. The van der Waals surface area contributed by atoms with Crippen molar-refractivity contribution in [2.45, 2.75) is 13.0 Å². The molecule has 80 valence electrons. The summed E-state index contributed by atoms with van der Waals surface area (Å²) in [5.74, 6) is 0. The smallest absolute Gasteiger partial charge is 0.535 e. The van der Waals surface area contributed by atoms with Gasteiger partial charge in [-0.15, -0.1) is 0 Å². The van der Waals surface area contributed by atoms with Gasteiger partial charge in [0, 0.05) is 5.69 Å². The van der Waals surface area contributed by atoms with E-state index in [1.54, 1.807) is 0 Å². The third kappa shape index (κ3) is 2.27. The van der Waals surface area contributed by atoms with Crippen LogP contribution in [0.5, 0.6) is 0 Å². The average Bonchev–Trinajstić information content (AvgIpc) is 3.03. The molecule has 0 unspecified atom stereocenters. The summed E-state index contributed by atoms with van der Waals surface area (Å²) in [5.41, 5.74) is 2.66. The van der Waals surface area contributed by atoms with Gasteiger partial charge in [0.05, 0.1) is 0 Å². The predicted molar refractivity (Wildman–Crippen MR) is 67.0 cm³/mol. The molecule has 0 amide bonds. The van der Waals surface area contributed by atoms with Crippen LogP contribution in [0.25, 0.3) is 0 Å². The van der Waals surface area contributed by atoms with Gasteiger partial charge in [0.15, 0.2) is 0 Å². The van der Waals surface area contributed by atoms with Crippen LogP contribution in [-0.2, 0) is 0 Å². The number of hydrogen-bond acceptors (Lipinski definition) is 1. The molecule has 1 heterocycles. The minimum Gasteiger partial charge on any atom is -0.535 e. The molecular weight excluding hydrogens is 201 g/mol. The Labute approximate surface area is 115 Å². The molecule has 0 spiro atoms. The van der Waals surface area contributed by atoms with Gasteiger partial charge >= 0.3 is 18.9 Å². The quantitative estimate of drug-likeness (QED) is 0.407. The molecule has 2 heteroatoms. The summed E-state index contributed by atoms with van der Waals surface area (Å²) < 4.78 is 0. The van der Waals surface area contributed by atoms with Gasteiger partial charge < -0.3 is 4.90 Å². The minimum atomic E-state index is 0. The summed E-state index contributed by atoms with van der Waals surface area (Å²) in [5, 5.41) is 0. The summed E-state index contributed by atoms with van der Waals surface area (Å²) in [6.07, 6.45) is 0. The minimum absolute atomic E-state index is 0. The molecule has 0 saturated carbocycles. The van der Waals surface area contributed by atoms with E-state index in [1.165, 1.54) is 17.3 Å². The summed E-state index contributed by atoms with van der Waals surface area (Å²) in [6.45, 7) is 2.20. The summed E-state index contributed by atoms with van der Waals surface area (Å²) >= 11 is 0. The summed E-state index contributed by atoms with van der Waals surface area (Å²) in [7, 11) is 0. The van der Waals surface area contributed by atoms with Gasteiger partial charge in [0.1, 0.15) is 0 Å². The Morgan fingerprint density at radius 2 is 1.41 bits per heavy atom. The van der Waals surface area contributed by atoms with Gasteiger partial charge in [-0.05, 0) is 12.1 Å². The Hall–Kier alpha value is -1.16. The second-order valence-corrected chi connectivity index (χ2v) is 4.16. The van der Waals surface area contributed by atoms with E-state index in [0.717, 1.165) is 0 Å². The molecule has 1 saturated heterocycles. The maximum atomic E-state index is 2.37. The maximum Gasteiger partial charge on any atom is 1.00 e. The molecule has 17 heavy (non-hydrogen) atoms. The van der Waals surface area contributed by atoms with E-state index < -0.39 is 0 Å². The Balaban J connectivity index is 0.00000108.